The number of aliphatic hydroxyl groups excluding tert-OH is 1. The zero-order valence-corrected chi connectivity index (χ0v) is 12.0. The Bertz CT molecular complexity index is 494. The molecular formula is C15H22FN3O2. The van der Waals surface area contributed by atoms with Crippen molar-refractivity contribution in [3.05, 3.63) is 24.0 Å². The van der Waals surface area contributed by atoms with Gasteiger partial charge in [-0.1, -0.05) is 6.42 Å². The molecule has 1 unspecified atom stereocenters. The van der Waals surface area contributed by atoms with Gasteiger partial charge in [-0.3, -0.25) is 9.69 Å². The van der Waals surface area contributed by atoms with Crippen LogP contribution in [-0.4, -0.2) is 41.7 Å². The van der Waals surface area contributed by atoms with E-state index in [0.29, 0.717) is 17.8 Å². The summed E-state index contributed by atoms with van der Waals surface area (Å²) in [6.45, 7) is 1.21. The number of amides is 1. The Morgan fingerprint density at radius 2 is 2.29 bits per heavy atom. The van der Waals surface area contributed by atoms with Gasteiger partial charge in [0.05, 0.1) is 17.9 Å². The minimum absolute atomic E-state index is 0.125. The normalized spacial score (nSPS) is 19.4. The van der Waals surface area contributed by atoms with Crippen LogP contribution in [0.5, 0.6) is 0 Å². The van der Waals surface area contributed by atoms with E-state index in [2.05, 4.69) is 10.2 Å². The molecule has 1 fully saturated rings. The van der Waals surface area contributed by atoms with Gasteiger partial charge in [0.15, 0.2) is 0 Å². The van der Waals surface area contributed by atoms with Crippen LogP contribution < -0.4 is 11.1 Å². The number of nitrogens with two attached hydrogens (primary N) is 1. The summed E-state index contributed by atoms with van der Waals surface area (Å²) >= 11 is 0. The lowest BCUT2D eigenvalue weighted by atomic mass is 9.99. The minimum Gasteiger partial charge on any atom is -0.397 e. The minimum atomic E-state index is -0.435. The Kier molecular flexibility index (Phi) is 5.52. The highest BCUT2D eigenvalue weighted by Crippen LogP contribution is 2.21. The van der Waals surface area contributed by atoms with Gasteiger partial charge in [-0.25, -0.2) is 4.39 Å². The van der Waals surface area contributed by atoms with Crippen molar-refractivity contribution >= 4 is 17.3 Å². The highest BCUT2D eigenvalue weighted by Gasteiger charge is 2.23. The summed E-state index contributed by atoms with van der Waals surface area (Å²) in [7, 11) is 0. The zero-order valence-electron chi connectivity index (χ0n) is 12.0. The van der Waals surface area contributed by atoms with E-state index in [4.69, 9.17) is 10.8 Å². The molecule has 1 heterocycles. The van der Waals surface area contributed by atoms with Crippen LogP contribution in [0.25, 0.3) is 0 Å². The number of aliphatic hydroxyl groups is 1. The van der Waals surface area contributed by atoms with Gasteiger partial charge in [0, 0.05) is 12.6 Å². The molecule has 0 bridgehead atoms. The molecule has 1 aromatic rings. The molecule has 2 rings (SSSR count). The molecule has 1 aliphatic rings. The van der Waals surface area contributed by atoms with Gasteiger partial charge < -0.3 is 16.2 Å². The number of carbonyl (C=O) groups excluding carboxylic acids is 1. The molecule has 1 aromatic carbocycles. The molecule has 0 aliphatic carbocycles. The Morgan fingerprint density at radius 3 is 3.05 bits per heavy atom. The maximum atomic E-state index is 13.2. The fraction of sp³-hybridized carbons (Fsp3) is 0.533. The van der Waals surface area contributed by atoms with E-state index in [0.717, 1.165) is 25.8 Å². The van der Waals surface area contributed by atoms with Gasteiger partial charge in [0.2, 0.25) is 5.91 Å². The predicted octanol–water partition coefficient (Wildman–Crippen LogP) is 1.58. The third kappa shape index (κ3) is 4.41. The molecular weight excluding hydrogens is 273 g/mol. The fourth-order valence-corrected chi connectivity index (χ4v) is 2.76. The van der Waals surface area contributed by atoms with Gasteiger partial charge in [0.25, 0.3) is 0 Å². The Morgan fingerprint density at radius 1 is 1.48 bits per heavy atom. The molecule has 116 valence electrons. The van der Waals surface area contributed by atoms with Gasteiger partial charge >= 0.3 is 0 Å². The predicted molar refractivity (Wildman–Crippen MR) is 80.4 cm³/mol. The molecule has 0 aromatic heterocycles. The molecule has 6 heteroatoms. The number of piperidine rings is 1. The quantitative estimate of drug-likeness (QED) is 0.721. The second-order valence-corrected chi connectivity index (χ2v) is 5.41. The summed E-state index contributed by atoms with van der Waals surface area (Å²) < 4.78 is 13.2. The van der Waals surface area contributed by atoms with E-state index in [1.54, 1.807) is 0 Å². The van der Waals surface area contributed by atoms with Crippen LogP contribution in [0.2, 0.25) is 0 Å². The number of nitrogens with zero attached hydrogens (tertiary/aromatic N) is 1. The number of rotatable bonds is 5. The van der Waals surface area contributed by atoms with Crippen LogP contribution in [0.4, 0.5) is 15.8 Å². The molecule has 1 saturated heterocycles. The summed E-state index contributed by atoms with van der Waals surface area (Å²) in [5.74, 6) is -0.646. The third-order valence-corrected chi connectivity index (χ3v) is 3.85. The van der Waals surface area contributed by atoms with Crippen LogP contribution in [0.1, 0.15) is 25.7 Å². The first-order valence-electron chi connectivity index (χ1n) is 7.30. The van der Waals surface area contributed by atoms with Crippen LogP contribution in [0.3, 0.4) is 0 Å². The summed E-state index contributed by atoms with van der Waals surface area (Å²) in [6.07, 6.45) is 3.85. The van der Waals surface area contributed by atoms with Crippen molar-refractivity contribution in [2.75, 3.05) is 30.7 Å². The Labute approximate surface area is 123 Å². The fourth-order valence-electron chi connectivity index (χ4n) is 2.76. The molecule has 1 atom stereocenters. The standard InChI is InChI=1S/C15H22FN3O2/c16-11-4-5-13(17)14(9-11)18-15(21)10-19-7-2-1-3-12(19)6-8-20/h4-5,9,12,20H,1-3,6-8,10,17H2,(H,18,21). The number of carbonyl (C=O) groups is 1. The van der Waals surface area contributed by atoms with Crippen LogP contribution in [-0.2, 0) is 4.79 Å². The summed E-state index contributed by atoms with van der Waals surface area (Å²) in [6, 6.07) is 4.14. The van der Waals surface area contributed by atoms with Crippen molar-refractivity contribution in [1.29, 1.82) is 0 Å². The van der Waals surface area contributed by atoms with E-state index >= 15 is 0 Å². The number of nitrogens with one attached hydrogen (secondary N) is 1. The number of likely N-dealkylation sites (tertiary alicyclic amines) is 1. The van der Waals surface area contributed by atoms with Crippen molar-refractivity contribution in [3.8, 4) is 0 Å². The van der Waals surface area contributed by atoms with Gasteiger partial charge in [-0.05, 0) is 44.0 Å². The SMILES string of the molecule is Nc1ccc(F)cc1NC(=O)CN1CCCCC1CCO. The number of hydrogen-bond acceptors (Lipinski definition) is 4. The van der Waals surface area contributed by atoms with Gasteiger partial charge in [0.1, 0.15) is 5.82 Å². The maximum absolute atomic E-state index is 13.2. The number of nitrogen functional groups attached to an aromatic ring is 1. The Balaban J connectivity index is 1.95. The first kappa shape index (κ1) is 15.7. The summed E-state index contributed by atoms with van der Waals surface area (Å²) in [4.78, 5) is 14.2. The topological polar surface area (TPSA) is 78.6 Å². The smallest absolute Gasteiger partial charge is 0.238 e. The first-order chi connectivity index (χ1) is 10.1. The van der Waals surface area contributed by atoms with Crippen LogP contribution in [0.15, 0.2) is 18.2 Å². The molecule has 1 aliphatic heterocycles. The maximum Gasteiger partial charge on any atom is 0.238 e. The van der Waals surface area contributed by atoms with Gasteiger partial charge in [-0.15, -0.1) is 0 Å². The second kappa shape index (κ2) is 7.38. The number of hydrogen-bond donors (Lipinski definition) is 3. The van der Waals surface area contributed by atoms with E-state index < -0.39 is 5.82 Å². The van der Waals surface area contributed by atoms with E-state index in [-0.39, 0.29) is 25.1 Å². The molecule has 0 spiro atoms. The van der Waals surface area contributed by atoms with Crippen molar-refractivity contribution < 1.29 is 14.3 Å². The molecule has 0 saturated carbocycles. The van der Waals surface area contributed by atoms with E-state index in [1.165, 1.54) is 18.2 Å². The molecule has 5 nitrogen and oxygen atoms in total. The van der Waals surface area contributed by atoms with Crippen LogP contribution in [0, 0.1) is 5.82 Å². The zero-order chi connectivity index (χ0) is 15.2. The lowest BCUT2D eigenvalue weighted by molar-refractivity contribution is -0.118. The first-order valence-corrected chi connectivity index (χ1v) is 7.30. The third-order valence-electron chi connectivity index (χ3n) is 3.85. The largest absolute Gasteiger partial charge is 0.397 e. The van der Waals surface area contributed by atoms with E-state index in [1.807, 2.05) is 0 Å². The molecule has 21 heavy (non-hydrogen) atoms. The number of anilines is 2. The average Bonchev–Trinajstić information content (AvgIpc) is 2.45. The highest BCUT2D eigenvalue weighted by molar-refractivity contribution is 5.95. The lowest BCUT2D eigenvalue weighted by Crippen LogP contribution is -2.44. The monoisotopic (exact) mass is 295 g/mol. The van der Waals surface area contributed by atoms with Crippen LogP contribution >= 0.6 is 0 Å². The Hall–Kier alpha value is -1.66. The van der Waals surface area contributed by atoms with Crippen molar-refractivity contribution in [3.63, 3.8) is 0 Å². The van der Waals surface area contributed by atoms with E-state index in [9.17, 15) is 9.18 Å². The summed E-state index contributed by atoms with van der Waals surface area (Å²) in [5, 5.41) is 11.7. The van der Waals surface area contributed by atoms with Crippen molar-refractivity contribution in [1.82, 2.24) is 4.90 Å². The molecule has 0 radical (unpaired) electrons. The molecule has 1 amide bonds. The van der Waals surface area contributed by atoms with Crippen molar-refractivity contribution in [2.45, 2.75) is 31.7 Å². The average molecular weight is 295 g/mol. The van der Waals surface area contributed by atoms with Crippen molar-refractivity contribution in [2.24, 2.45) is 0 Å². The summed E-state index contributed by atoms with van der Waals surface area (Å²) in [5.41, 5.74) is 6.36. The second-order valence-electron chi connectivity index (χ2n) is 5.41. The number of halogens is 1. The molecule has 4 N–H and O–H groups in total. The lowest BCUT2D eigenvalue weighted by Gasteiger charge is -2.34. The van der Waals surface area contributed by atoms with Gasteiger partial charge in [-0.2, -0.15) is 0 Å². The highest BCUT2D eigenvalue weighted by atomic mass is 19.1. The number of benzene rings is 1.